The van der Waals surface area contributed by atoms with Gasteiger partial charge in [-0.25, -0.2) is 0 Å². The van der Waals surface area contributed by atoms with Crippen molar-refractivity contribution >= 4 is 5.91 Å². The van der Waals surface area contributed by atoms with Crippen molar-refractivity contribution in [1.29, 1.82) is 0 Å². The van der Waals surface area contributed by atoms with Gasteiger partial charge in [0.15, 0.2) is 5.60 Å². The molecule has 2 aliphatic heterocycles. The first kappa shape index (κ1) is 22.1. The average Bonchev–Trinajstić information content (AvgIpc) is 3.41. The monoisotopic (exact) mass is 460 g/mol. The molecule has 0 bridgehead atoms. The first-order valence-corrected chi connectivity index (χ1v) is 13.2. The van der Waals surface area contributed by atoms with Crippen LogP contribution in [0.1, 0.15) is 42.4 Å². The summed E-state index contributed by atoms with van der Waals surface area (Å²) in [5.41, 5.74) is 2.08. The Morgan fingerprint density at radius 1 is 1.09 bits per heavy atom. The van der Waals surface area contributed by atoms with Crippen LogP contribution in [-0.2, 0) is 23.2 Å². The Bertz CT molecular complexity index is 1020. The minimum absolute atomic E-state index is 0.00914. The molecule has 3 atom stereocenters. The summed E-state index contributed by atoms with van der Waals surface area (Å²) in [5.74, 6) is 2.79. The van der Waals surface area contributed by atoms with Gasteiger partial charge in [0.25, 0.3) is 5.91 Å². The van der Waals surface area contributed by atoms with Crippen molar-refractivity contribution in [3.05, 3.63) is 65.2 Å². The predicted octanol–water partition coefficient (Wildman–Crippen LogP) is 3.54. The SMILES string of the molecule is O=C(NCC1C2CN(CCc3ccc4c(c3)CCO4)CC12)C(O)(c1ccccc1)C1CCCC1. The number of amides is 1. The van der Waals surface area contributed by atoms with Crippen molar-refractivity contribution in [1.82, 2.24) is 10.2 Å². The lowest BCUT2D eigenvalue weighted by atomic mass is 9.79. The number of rotatable bonds is 8. The fraction of sp³-hybridized carbons (Fsp3) is 0.552. The van der Waals surface area contributed by atoms with E-state index >= 15 is 0 Å². The van der Waals surface area contributed by atoms with Gasteiger partial charge in [-0.2, -0.15) is 0 Å². The van der Waals surface area contributed by atoms with Crippen LogP contribution in [0, 0.1) is 23.7 Å². The summed E-state index contributed by atoms with van der Waals surface area (Å²) >= 11 is 0. The van der Waals surface area contributed by atoms with E-state index in [0.717, 1.165) is 76.1 Å². The predicted molar refractivity (Wildman–Crippen MR) is 132 cm³/mol. The third-order valence-corrected chi connectivity index (χ3v) is 8.92. The van der Waals surface area contributed by atoms with E-state index < -0.39 is 5.60 Å². The van der Waals surface area contributed by atoms with E-state index in [9.17, 15) is 9.90 Å². The van der Waals surface area contributed by atoms with E-state index in [1.807, 2.05) is 30.3 Å². The van der Waals surface area contributed by atoms with Gasteiger partial charge in [0.1, 0.15) is 5.75 Å². The van der Waals surface area contributed by atoms with Crippen molar-refractivity contribution in [2.24, 2.45) is 23.7 Å². The van der Waals surface area contributed by atoms with E-state index in [1.54, 1.807) is 0 Å². The van der Waals surface area contributed by atoms with Gasteiger partial charge >= 0.3 is 0 Å². The zero-order valence-electron chi connectivity index (χ0n) is 19.9. The van der Waals surface area contributed by atoms with Crippen LogP contribution in [0.15, 0.2) is 48.5 Å². The van der Waals surface area contributed by atoms with E-state index in [0.29, 0.717) is 24.3 Å². The number of aliphatic hydroxyl groups is 1. The third kappa shape index (κ3) is 4.03. The molecule has 2 aromatic carbocycles. The number of piperidine rings is 1. The minimum atomic E-state index is -1.41. The van der Waals surface area contributed by atoms with Crippen LogP contribution in [0.5, 0.6) is 5.75 Å². The maximum Gasteiger partial charge on any atom is 0.256 e. The lowest BCUT2D eigenvalue weighted by Gasteiger charge is -2.33. The van der Waals surface area contributed by atoms with Crippen LogP contribution in [-0.4, -0.2) is 48.7 Å². The van der Waals surface area contributed by atoms with Crippen LogP contribution in [0.2, 0.25) is 0 Å². The highest BCUT2D eigenvalue weighted by Crippen LogP contribution is 2.51. The van der Waals surface area contributed by atoms with Crippen LogP contribution >= 0.6 is 0 Å². The maximum absolute atomic E-state index is 13.3. The van der Waals surface area contributed by atoms with E-state index in [1.165, 1.54) is 11.1 Å². The molecule has 2 aromatic rings. The quantitative estimate of drug-likeness (QED) is 0.633. The van der Waals surface area contributed by atoms with Gasteiger partial charge in [0, 0.05) is 38.5 Å². The number of hydrogen-bond acceptors (Lipinski definition) is 4. The highest BCUT2D eigenvalue weighted by molar-refractivity contribution is 5.86. The molecule has 1 amide bonds. The molecule has 34 heavy (non-hydrogen) atoms. The Kier molecular flexibility index (Phi) is 5.86. The molecule has 2 heterocycles. The first-order chi connectivity index (χ1) is 16.6. The molecule has 4 aliphatic rings. The Labute approximate surface area is 202 Å². The molecule has 0 spiro atoms. The molecule has 6 rings (SSSR count). The van der Waals surface area contributed by atoms with E-state index in [-0.39, 0.29) is 11.8 Å². The van der Waals surface area contributed by atoms with Gasteiger partial charge < -0.3 is 20.1 Å². The molecule has 5 nitrogen and oxygen atoms in total. The van der Waals surface area contributed by atoms with Gasteiger partial charge in [-0.15, -0.1) is 0 Å². The second-order valence-corrected chi connectivity index (χ2v) is 10.9. The zero-order valence-corrected chi connectivity index (χ0v) is 19.9. The van der Waals surface area contributed by atoms with E-state index in [4.69, 9.17) is 4.74 Å². The number of hydrogen-bond donors (Lipinski definition) is 2. The van der Waals surface area contributed by atoms with Crippen LogP contribution in [0.4, 0.5) is 0 Å². The Hall–Kier alpha value is -2.37. The summed E-state index contributed by atoms with van der Waals surface area (Å²) in [4.78, 5) is 15.9. The topological polar surface area (TPSA) is 61.8 Å². The molecular weight excluding hydrogens is 424 g/mol. The Balaban J connectivity index is 1.00. The maximum atomic E-state index is 13.3. The second kappa shape index (κ2) is 9.01. The number of benzene rings is 2. The number of fused-ring (bicyclic) bond motifs is 2. The molecule has 2 saturated carbocycles. The Morgan fingerprint density at radius 2 is 1.85 bits per heavy atom. The fourth-order valence-corrected chi connectivity index (χ4v) is 6.84. The van der Waals surface area contributed by atoms with Gasteiger partial charge in [-0.3, -0.25) is 4.79 Å². The average molecular weight is 461 g/mol. The molecule has 0 radical (unpaired) electrons. The largest absolute Gasteiger partial charge is 0.493 e. The van der Waals surface area contributed by atoms with Gasteiger partial charge in [0.2, 0.25) is 0 Å². The smallest absolute Gasteiger partial charge is 0.256 e. The molecule has 0 aromatic heterocycles. The van der Waals surface area contributed by atoms with Crippen molar-refractivity contribution in [3.8, 4) is 5.75 Å². The summed E-state index contributed by atoms with van der Waals surface area (Å²) in [6.45, 7) is 4.86. The van der Waals surface area contributed by atoms with E-state index in [2.05, 4.69) is 28.4 Å². The van der Waals surface area contributed by atoms with Crippen molar-refractivity contribution in [2.75, 3.05) is 32.8 Å². The molecule has 1 saturated heterocycles. The van der Waals surface area contributed by atoms with Crippen LogP contribution in [0.3, 0.4) is 0 Å². The van der Waals surface area contributed by atoms with Crippen molar-refractivity contribution in [2.45, 2.75) is 44.1 Å². The molecule has 3 fully saturated rings. The molecule has 3 unspecified atom stereocenters. The molecule has 5 heteroatoms. The summed E-state index contributed by atoms with van der Waals surface area (Å²) in [5, 5.41) is 14.8. The number of nitrogens with one attached hydrogen (secondary N) is 1. The third-order valence-electron chi connectivity index (χ3n) is 8.92. The van der Waals surface area contributed by atoms with Gasteiger partial charge in [-0.1, -0.05) is 55.3 Å². The lowest BCUT2D eigenvalue weighted by Crippen LogP contribution is -2.49. The fourth-order valence-electron chi connectivity index (χ4n) is 6.84. The summed E-state index contributed by atoms with van der Waals surface area (Å²) in [6.07, 6.45) is 6.13. The minimum Gasteiger partial charge on any atom is -0.493 e. The van der Waals surface area contributed by atoms with Gasteiger partial charge in [-0.05, 0) is 59.8 Å². The number of carbonyl (C=O) groups excluding carboxylic acids is 1. The Morgan fingerprint density at radius 3 is 2.62 bits per heavy atom. The molecule has 180 valence electrons. The standard InChI is InChI=1S/C29H36N2O3/c32-28(29(33,23-8-4-5-9-23)22-6-2-1-3-7-22)30-17-24-25-18-31(19-26(24)25)14-12-20-10-11-27-21(16-20)13-15-34-27/h1-3,6-7,10-11,16,23-26,33H,4-5,8-9,12-15,17-19H2,(H,30,32). The van der Waals surface area contributed by atoms with Crippen molar-refractivity contribution in [3.63, 3.8) is 0 Å². The summed E-state index contributed by atoms with van der Waals surface area (Å²) in [7, 11) is 0. The lowest BCUT2D eigenvalue weighted by molar-refractivity contribution is -0.147. The first-order valence-electron chi connectivity index (χ1n) is 13.2. The van der Waals surface area contributed by atoms with Crippen molar-refractivity contribution < 1.29 is 14.6 Å². The highest BCUT2D eigenvalue weighted by atomic mass is 16.5. The number of carbonyl (C=O) groups is 1. The summed E-state index contributed by atoms with van der Waals surface area (Å²) < 4.78 is 5.62. The molecule has 2 aliphatic carbocycles. The number of likely N-dealkylation sites (tertiary alicyclic amines) is 1. The molecule has 2 N–H and O–H groups in total. The highest BCUT2D eigenvalue weighted by Gasteiger charge is 2.55. The van der Waals surface area contributed by atoms with Gasteiger partial charge in [0.05, 0.1) is 6.61 Å². The normalized spacial score (nSPS) is 27.6. The second-order valence-electron chi connectivity index (χ2n) is 10.9. The number of nitrogens with zero attached hydrogens (tertiary/aromatic N) is 1. The van der Waals surface area contributed by atoms with Crippen LogP contribution < -0.4 is 10.1 Å². The van der Waals surface area contributed by atoms with Crippen LogP contribution in [0.25, 0.3) is 0 Å². The number of ether oxygens (including phenoxy) is 1. The zero-order chi connectivity index (χ0) is 23.1. The molecular formula is C29H36N2O3. The summed E-state index contributed by atoms with van der Waals surface area (Å²) in [6, 6.07) is 16.2.